The minimum absolute atomic E-state index is 0.150. The first kappa shape index (κ1) is 16.4. The Bertz CT molecular complexity index is 765. The number of non-ortho nitro benzene ring substituents is 1. The third kappa shape index (κ3) is 4.26. The van der Waals surface area contributed by atoms with E-state index in [0.29, 0.717) is 0 Å². The fourth-order valence-corrected chi connectivity index (χ4v) is 1.83. The Morgan fingerprint density at radius 3 is 2.30 bits per heavy atom. The van der Waals surface area contributed by atoms with Crippen molar-refractivity contribution < 1.29 is 22.9 Å². The van der Waals surface area contributed by atoms with Gasteiger partial charge in [0.2, 0.25) is 0 Å². The van der Waals surface area contributed by atoms with Crippen LogP contribution in [0.2, 0.25) is 0 Å². The number of hydrogen-bond acceptors (Lipinski definition) is 3. The third-order valence-electron chi connectivity index (χ3n) is 3.00. The SMILES string of the molecule is O=C(C=Cc1cccc(C(F)(F)F)c1)c1ccc([N+](=O)[O-])cc1. The van der Waals surface area contributed by atoms with E-state index in [1.807, 2.05) is 0 Å². The predicted octanol–water partition coefficient (Wildman–Crippen LogP) is 4.51. The molecule has 0 atom stereocenters. The number of rotatable bonds is 4. The van der Waals surface area contributed by atoms with Crippen LogP contribution in [0.4, 0.5) is 18.9 Å². The molecular formula is C16H10F3NO3. The van der Waals surface area contributed by atoms with E-state index in [0.717, 1.165) is 18.2 Å². The van der Waals surface area contributed by atoms with Crippen LogP contribution < -0.4 is 0 Å². The molecule has 4 nitrogen and oxygen atoms in total. The summed E-state index contributed by atoms with van der Waals surface area (Å²) in [7, 11) is 0. The number of halogens is 3. The quantitative estimate of drug-likeness (QED) is 0.360. The predicted molar refractivity (Wildman–Crippen MR) is 77.9 cm³/mol. The summed E-state index contributed by atoms with van der Waals surface area (Å²) in [6.07, 6.45) is -2.07. The number of carbonyl (C=O) groups is 1. The molecule has 0 saturated carbocycles. The zero-order chi connectivity index (χ0) is 17.0. The Labute approximate surface area is 129 Å². The normalized spacial score (nSPS) is 11.6. The minimum Gasteiger partial charge on any atom is -0.289 e. The number of alkyl halides is 3. The van der Waals surface area contributed by atoms with E-state index in [-0.39, 0.29) is 16.8 Å². The lowest BCUT2D eigenvalue weighted by Crippen LogP contribution is -2.04. The lowest BCUT2D eigenvalue weighted by molar-refractivity contribution is -0.384. The van der Waals surface area contributed by atoms with E-state index in [1.165, 1.54) is 42.5 Å². The molecule has 0 aliphatic rings. The Morgan fingerprint density at radius 1 is 1.09 bits per heavy atom. The molecule has 0 aliphatic heterocycles. The summed E-state index contributed by atoms with van der Waals surface area (Å²) in [6.45, 7) is 0. The first-order valence-electron chi connectivity index (χ1n) is 6.41. The molecule has 0 N–H and O–H groups in total. The zero-order valence-corrected chi connectivity index (χ0v) is 11.6. The second kappa shape index (κ2) is 6.43. The van der Waals surface area contributed by atoms with Gasteiger partial charge in [0.15, 0.2) is 5.78 Å². The van der Waals surface area contributed by atoms with Gasteiger partial charge in [-0.1, -0.05) is 18.2 Å². The highest BCUT2D eigenvalue weighted by Crippen LogP contribution is 2.29. The lowest BCUT2D eigenvalue weighted by atomic mass is 10.1. The fraction of sp³-hybridized carbons (Fsp3) is 0.0625. The van der Waals surface area contributed by atoms with Crippen LogP contribution in [0.1, 0.15) is 21.5 Å². The number of allylic oxidation sites excluding steroid dienone is 1. The van der Waals surface area contributed by atoms with Crippen molar-refractivity contribution in [3.63, 3.8) is 0 Å². The molecule has 0 unspecified atom stereocenters. The monoisotopic (exact) mass is 321 g/mol. The molecule has 0 radical (unpaired) electrons. The molecule has 2 aromatic rings. The largest absolute Gasteiger partial charge is 0.416 e. The van der Waals surface area contributed by atoms with E-state index >= 15 is 0 Å². The van der Waals surface area contributed by atoms with Crippen molar-refractivity contribution >= 4 is 17.5 Å². The average Bonchev–Trinajstić information content (AvgIpc) is 2.52. The van der Waals surface area contributed by atoms with E-state index in [1.54, 1.807) is 0 Å². The molecule has 0 aliphatic carbocycles. The number of nitrogens with zero attached hydrogens (tertiary/aromatic N) is 1. The molecule has 0 saturated heterocycles. The van der Waals surface area contributed by atoms with E-state index in [4.69, 9.17) is 0 Å². The second-order valence-corrected chi connectivity index (χ2v) is 4.62. The highest BCUT2D eigenvalue weighted by Gasteiger charge is 2.30. The van der Waals surface area contributed by atoms with Gasteiger partial charge < -0.3 is 0 Å². The van der Waals surface area contributed by atoms with Gasteiger partial charge in [-0.3, -0.25) is 14.9 Å². The standard InChI is InChI=1S/C16H10F3NO3/c17-16(18,19)13-3-1-2-11(10-13)4-9-15(21)12-5-7-14(8-6-12)20(22)23/h1-10H. The average molecular weight is 321 g/mol. The summed E-state index contributed by atoms with van der Waals surface area (Å²) >= 11 is 0. The van der Waals surface area contributed by atoms with Gasteiger partial charge in [-0.15, -0.1) is 0 Å². The topological polar surface area (TPSA) is 60.2 Å². The Kier molecular flexibility index (Phi) is 4.59. The van der Waals surface area contributed by atoms with Crippen molar-refractivity contribution in [3.8, 4) is 0 Å². The number of hydrogen-bond donors (Lipinski definition) is 0. The van der Waals surface area contributed by atoms with Crippen molar-refractivity contribution in [1.29, 1.82) is 0 Å². The first-order valence-corrected chi connectivity index (χ1v) is 6.41. The number of nitro groups is 1. The van der Waals surface area contributed by atoms with Gasteiger partial charge in [-0.05, 0) is 35.9 Å². The van der Waals surface area contributed by atoms with Crippen molar-refractivity contribution in [3.05, 3.63) is 81.4 Å². The smallest absolute Gasteiger partial charge is 0.289 e. The first-order chi connectivity index (χ1) is 10.8. The van der Waals surface area contributed by atoms with Crippen molar-refractivity contribution in [1.82, 2.24) is 0 Å². The molecule has 0 heterocycles. The van der Waals surface area contributed by atoms with Crippen LogP contribution >= 0.6 is 0 Å². The number of nitro benzene ring substituents is 1. The lowest BCUT2D eigenvalue weighted by Gasteiger charge is -2.06. The summed E-state index contributed by atoms with van der Waals surface area (Å²) < 4.78 is 37.8. The van der Waals surface area contributed by atoms with Crippen molar-refractivity contribution in [2.24, 2.45) is 0 Å². The third-order valence-corrected chi connectivity index (χ3v) is 3.00. The van der Waals surface area contributed by atoms with E-state index < -0.39 is 22.4 Å². The maximum atomic E-state index is 12.6. The summed E-state index contributed by atoms with van der Waals surface area (Å²) in [5.74, 6) is -0.461. The van der Waals surface area contributed by atoms with Crippen LogP contribution in [0.15, 0.2) is 54.6 Å². The molecule has 0 amide bonds. The maximum Gasteiger partial charge on any atom is 0.416 e. The second-order valence-electron chi connectivity index (χ2n) is 4.62. The van der Waals surface area contributed by atoms with Gasteiger partial charge in [-0.2, -0.15) is 13.2 Å². The molecule has 0 spiro atoms. The fourth-order valence-electron chi connectivity index (χ4n) is 1.83. The van der Waals surface area contributed by atoms with Gasteiger partial charge in [0, 0.05) is 17.7 Å². The minimum atomic E-state index is -4.45. The number of carbonyl (C=O) groups excluding carboxylic acids is 1. The molecule has 0 fully saturated rings. The van der Waals surface area contributed by atoms with Crippen molar-refractivity contribution in [2.75, 3.05) is 0 Å². The highest BCUT2D eigenvalue weighted by atomic mass is 19.4. The number of ketones is 1. The van der Waals surface area contributed by atoms with Crippen molar-refractivity contribution in [2.45, 2.75) is 6.18 Å². The van der Waals surface area contributed by atoms with Gasteiger partial charge in [0.1, 0.15) is 0 Å². The summed E-state index contributed by atoms with van der Waals surface area (Å²) in [6, 6.07) is 9.51. The van der Waals surface area contributed by atoms with Crippen LogP contribution in [-0.4, -0.2) is 10.7 Å². The zero-order valence-electron chi connectivity index (χ0n) is 11.6. The van der Waals surface area contributed by atoms with Crippen LogP contribution in [0.25, 0.3) is 6.08 Å². The van der Waals surface area contributed by atoms with Gasteiger partial charge >= 0.3 is 6.18 Å². The van der Waals surface area contributed by atoms with E-state index in [2.05, 4.69) is 0 Å². The van der Waals surface area contributed by atoms with Gasteiger partial charge in [-0.25, -0.2) is 0 Å². The molecule has 0 aromatic heterocycles. The Balaban J connectivity index is 2.16. The Morgan fingerprint density at radius 2 is 1.74 bits per heavy atom. The summed E-state index contributed by atoms with van der Waals surface area (Å²) in [4.78, 5) is 21.8. The maximum absolute atomic E-state index is 12.6. The molecule has 0 bridgehead atoms. The van der Waals surface area contributed by atoms with Gasteiger partial charge in [0.05, 0.1) is 10.5 Å². The molecule has 2 aromatic carbocycles. The van der Waals surface area contributed by atoms with Crippen LogP contribution in [0.5, 0.6) is 0 Å². The van der Waals surface area contributed by atoms with Crippen LogP contribution in [0.3, 0.4) is 0 Å². The highest BCUT2D eigenvalue weighted by molar-refractivity contribution is 6.06. The number of benzene rings is 2. The van der Waals surface area contributed by atoms with Crippen LogP contribution in [0, 0.1) is 10.1 Å². The molecule has 2 rings (SSSR count). The summed E-state index contributed by atoms with van der Waals surface area (Å²) in [5.41, 5.74) is -0.514. The van der Waals surface area contributed by atoms with Crippen LogP contribution in [-0.2, 0) is 6.18 Å². The molecule has 118 valence electrons. The van der Waals surface area contributed by atoms with Gasteiger partial charge in [0.25, 0.3) is 5.69 Å². The summed E-state index contributed by atoms with van der Waals surface area (Å²) in [5, 5.41) is 10.5. The molecule has 23 heavy (non-hydrogen) atoms. The molecular weight excluding hydrogens is 311 g/mol. The molecule has 7 heteroatoms. The van der Waals surface area contributed by atoms with E-state index in [9.17, 15) is 28.1 Å². The Hall–Kier alpha value is -2.96.